The van der Waals surface area contributed by atoms with Crippen LogP contribution in [-0.4, -0.2) is 30.0 Å². The molecule has 1 N–H and O–H groups in total. The molecule has 1 heterocycles. The summed E-state index contributed by atoms with van der Waals surface area (Å²) in [5.74, 6) is 0.505. The van der Waals surface area contributed by atoms with Crippen molar-refractivity contribution in [3.05, 3.63) is 65.2 Å². The molecule has 2 aromatic carbocycles. The van der Waals surface area contributed by atoms with Crippen molar-refractivity contribution in [1.82, 2.24) is 10.2 Å². The van der Waals surface area contributed by atoms with Gasteiger partial charge < -0.3 is 10.1 Å². The number of benzene rings is 2. The van der Waals surface area contributed by atoms with Crippen molar-refractivity contribution in [2.45, 2.75) is 26.3 Å². The molecular weight excluding hydrogens is 316 g/mol. The Morgan fingerprint density at radius 3 is 2.40 bits per heavy atom. The van der Waals surface area contributed by atoms with Crippen LogP contribution in [0.2, 0.25) is 0 Å². The Hall–Kier alpha value is -2.82. The molecule has 2 aromatic rings. The Kier molecular flexibility index (Phi) is 4.49. The normalized spacial score (nSPS) is 19.9. The summed E-state index contributed by atoms with van der Waals surface area (Å²) in [5.41, 5.74) is 1.86. The van der Waals surface area contributed by atoms with Crippen LogP contribution < -0.4 is 10.1 Å². The molecule has 1 aliphatic heterocycles. The molecular formula is C20H22N2O3. The van der Waals surface area contributed by atoms with E-state index in [1.165, 1.54) is 4.90 Å². The van der Waals surface area contributed by atoms with Gasteiger partial charge in [0.25, 0.3) is 5.91 Å². The SMILES string of the molecule is Cc1ccc([C@]2(C)NC(=O)N(CCOc3ccccc3C)C2=O)cc1. The lowest BCUT2D eigenvalue weighted by atomic mass is 9.91. The summed E-state index contributed by atoms with van der Waals surface area (Å²) in [7, 11) is 0. The molecule has 5 nitrogen and oxygen atoms in total. The van der Waals surface area contributed by atoms with Gasteiger partial charge in [-0.25, -0.2) is 4.79 Å². The zero-order chi connectivity index (χ0) is 18.0. The third kappa shape index (κ3) is 3.22. The Labute approximate surface area is 147 Å². The molecule has 0 aromatic heterocycles. The minimum atomic E-state index is -1.03. The minimum Gasteiger partial charge on any atom is -0.491 e. The van der Waals surface area contributed by atoms with Crippen LogP contribution in [0, 0.1) is 13.8 Å². The first-order valence-electron chi connectivity index (χ1n) is 8.31. The molecule has 1 saturated heterocycles. The van der Waals surface area contributed by atoms with Gasteiger partial charge in [-0.05, 0) is 38.0 Å². The lowest BCUT2D eigenvalue weighted by Crippen LogP contribution is -2.41. The molecule has 1 atom stereocenters. The number of amides is 3. The molecule has 25 heavy (non-hydrogen) atoms. The number of imide groups is 1. The highest BCUT2D eigenvalue weighted by Crippen LogP contribution is 2.29. The van der Waals surface area contributed by atoms with Gasteiger partial charge >= 0.3 is 6.03 Å². The Bertz CT molecular complexity index is 801. The number of rotatable bonds is 5. The second kappa shape index (κ2) is 6.59. The summed E-state index contributed by atoms with van der Waals surface area (Å²) in [6.45, 7) is 6.14. The maximum absolute atomic E-state index is 12.8. The molecule has 0 saturated carbocycles. The monoisotopic (exact) mass is 338 g/mol. The third-order valence-corrected chi connectivity index (χ3v) is 4.57. The van der Waals surface area contributed by atoms with Crippen LogP contribution in [-0.2, 0) is 10.3 Å². The minimum absolute atomic E-state index is 0.209. The molecule has 1 fully saturated rings. The number of carbonyl (C=O) groups excluding carboxylic acids is 2. The fraction of sp³-hybridized carbons (Fsp3) is 0.300. The smallest absolute Gasteiger partial charge is 0.325 e. The quantitative estimate of drug-likeness (QED) is 0.852. The maximum Gasteiger partial charge on any atom is 0.325 e. The summed E-state index contributed by atoms with van der Waals surface area (Å²) >= 11 is 0. The van der Waals surface area contributed by atoms with E-state index in [1.54, 1.807) is 6.92 Å². The fourth-order valence-corrected chi connectivity index (χ4v) is 2.95. The van der Waals surface area contributed by atoms with Gasteiger partial charge in [-0.15, -0.1) is 0 Å². The topological polar surface area (TPSA) is 58.6 Å². The molecule has 3 amide bonds. The molecule has 130 valence electrons. The number of nitrogens with one attached hydrogen (secondary N) is 1. The van der Waals surface area contributed by atoms with Crippen LogP contribution in [0.1, 0.15) is 23.6 Å². The van der Waals surface area contributed by atoms with E-state index < -0.39 is 5.54 Å². The molecule has 5 heteroatoms. The number of para-hydroxylation sites is 1. The number of ether oxygens (including phenoxy) is 1. The standard InChI is InChI=1S/C20H22N2O3/c1-14-8-10-16(11-9-14)20(3)18(23)22(19(24)21-20)12-13-25-17-7-5-4-6-15(17)2/h4-11H,12-13H2,1-3H3,(H,21,24)/t20-/m0/s1. The van der Waals surface area contributed by atoms with E-state index in [1.807, 2.05) is 62.4 Å². The Morgan fingerprint density at radius 2 is 1.72 bits per heavy atom. The van der Waals surface area contributed by atoms with Gasteiger partial charge in [-0.2, -0.15) is 0 Å². The summed E-state index contributed by atoms with van der Waals surface area (Å²) in [6.07, 6.45) is 0. The lowest BCUT2D eigenvalue weighted by Gasteiger charge is -2.22. The van der Waals surface area contributed by atoms with Crippen LogP contribution in [0.3, 0.4) is 0 Å². The van der Waals surface area contributed by atoms with Crippen molar-refractivity contribution in [2.75, 3.05) is 13.2 Å². The lowest BCUT2D eigenvalue weighted by molar-refractivity contribution is -0.131. The van der Waals surface area contributed by atoms with Crippen molar-refractivity contribution >= 4 is 11.9 Å². The molecule has 1 aliphatic rings. The molecule has 0 unspecified atom stereocenters. The van der Waals surface area contributed by atoms with Crippen LogP contribution in [0.25, 0.3) is 0 Å². The average molecular weight is 338 g/mol. The van der Waals surface area contributed by atoms with Gasteiger partial charge in [0.05, 0.1) is 6.54 Å². The second-order valence-electron chi connectivity index (χ2n) is 6.49. The molecule has 0 radical (unpaired) electrons. The number of urea groups is 1. The van der Waals surface area contributed by atoms with Crippen molar-refractivity contribution < 1.29 is 14.3 Å². The van der Waals surface area contributed by atoms with E-state index in [9.17, 15) is 9.59 Å². The Balaban J connectivity index is 1.69. The van der Waals surface area contributed by atoms with E-state index in [0.29, 0.717) is 0 Å². The van der Waals surface area contributed by atoms with Crippen LogP contribution >= 0.6 is 0 Å². The highest BCUT2D eigenvalue weighted by atomic mass is 16.5. The van der Waals surface area contributed by atoms with Crippen molar-refractivity contribution in [3.63, 3.8) is 0 Å². The number of hydrogen-bond donors (Lipinski definition) is 1. The van der Waals surface area contributed by atoms with Crippen molar-refractivity contribution in [3.8, 4) is 5.75 Å². The number of nitrogens with zero attached hydrogens (tertiary/aromatic N) is 1. The van der Waals surface area contributed by atoms with Gasteiger partial charge in [-0.1, -0.05) is 48.0 Å². The molecule has 0 spiro atoms. The first-order valence-corrected chi connectivity index (χ1v) is 8.31. The largest absolute Gasteiger partial charge is 0.491 e. The van der Waals surface area contributed by atoms with E-state index in [0.717, 1.165) is 22.4 Å². The van der Waals surface area contributed by atoms with Crippen molar-refractivity contribution in [2.24, 2.45) is 0 Å². The van der Waals surface area contributed by atoms with Crippen LogP contribution in [0.5, 0.6) is 5.75 Å². The third-order valence-electron chi connectivity index (χ3n) is 4.57. The number of hydrogen-bond acceptors (Lipinski definition) is 3. The summed E-state index contributed by atoms with van der Waals surface area (Å²) < 4.78 is 5.71. The van der Waals surface area contributed by atoms with Crippen LogP contribution in [0.4, 0.5) is 4.79 Å². The number of carbonyl (C=O) groups is 2. The first-order chi connectivity index (χ1) is 11.9. The Morgan fingerprint density at radius 1 is 1.04 bits per heavy atom. The highest BCUT2D eigenvalue weighted by molar-refractivity contribution is 6.07. The average Bonchev–Trinajstić information content (AvgIpc) is 2.81. The molecule has 3 rings (SSSR count). The summed E-state index contributed by atoms with van der Waals surface area (Å²) in [4.78, 5) is 26.3. The summed E-state index contributed by atoms with van der Waals surface area (Å²) in [6, 6.07) is 14.9. The van der Waals surface area contributed by atoms with Gasteiger partial charge in [0.15, 0.2) is 0 Å². The molecule has 0 aliphatic carbocycles. The fourth-order valence-electron chi connectivity index (χ4n) is 2.95. The van der Waals surface area contributed by atoms with E-state index >= 15 is 0 Å². The summed E-state index contributed by atoms with van der Waals surface area (Å²) in [5, 5.41) is 2.81. The maximum atomic E-state index is 12.8. The predicted molar refractivity (Wildman–Crippen MR) is 95.4 cm³/mol. The molecule has 0 bridgehead atoms. The predicted octanol–water partition coefficient (Wildman–Crippen LogP) is 3.15. The van der Waals surface area contributed by atoms with E-state index in [4.69, 9.17) is 4.74 Å². The highest BCUT2D eigenvalue weighted by Gasteiger charge is 2.48. The number of aryl methyl sites for hydroxylation is 2. The zero-order valence-corrected chi connectivity index (χ0v) is 14.7. The van der Waals surface area contributed by atoms with E-state index in [-0.39, 0.29) is 25.1 Å². The van der Waals surface area contributed by atoms with Gasteiger partial charge in [0, 0.05) is 0 Å². The van der Waals surface area contributed by atoms with Gasteiger partial charge in [0.1, 0.15) is 17.9 Å². The van der Waals surface area contributed by atoms with Crippen molar-refractivity contribution in [1.29, 1.82) is 0 Å². The van der Waals surface area contributed by atoms with E-state index in [2.05, 4.69) is 5.32 Å². The second-order valence-corrected chi connectivity index (χ2v) is 6.49. The van der Waals surface area contributed by atoms with Gasteiger partial charge in [-0.3, -0.25) is 9.69 Å². The first kappa shape index (κ1) is 17.0. The zero-order valence-electron chi connectivity index (χ0n) is 14.7. The van der Waals surface area contributed by atoms with Gasteiger partial charge in [0.2, 0.25) is 0 Å². The van der Waals surface area contributed by atoms with Crippen LogP contribution in [0.15, 0.2) is 48.5 Å².